The number of nitrogens with zero attached hydrogens (tertiary/aromatic N) is 4. The minimum Gasteiger partial charge on any atom is -0.463 e. The van der Waals surface area contributed by atoms with Gasteiger partial charge in [-0.15, -0.1) is 5.10 Å². The fraction of sp³-hybridized carbons (Fsp3) is 0.353. The summed E-state index contributed by atoms with van der Waals surface area (Å²) in [6.45, 7) is 4.06. The molecular formula is C17H21N5O2. The van der Waals surface area contributed by atoms with Crippen LogP contribution in [-0.4, -0.2) is 31.6 Å². The van der Waals surface area contributed by atoms with E-state index in [4.69, 9.17) is 4.74 Å². The Hall–Kier alpha value is -2.83. The van der Waals surface area contributed by atoms with Crippen molar-refractivity contribution in [3.8, 4) is 5.88 Å². The van der Waals surface area contributed by atoms with E-state index in [0.717, 1.165) is 22.2 Å². The molecule has 0 bridgehead atoms. The molecule has 0 saturated carbocycles. The molecule has 3 aromatic rings. The van der Waals surface area contributed by atoms with Crippen LogP contribution in [0.5, 0.6) is 5.88 Å². The number of fused-ring (bicyclic) bond motifs is 1. The standard InChI is InChI=1S/C17H21N5O2/c1-11-13(10-21(3)19-11)9-18-16(23)12(2)24-17-14-7-5-6-8-15(14)22(4)20-17/h5-8,10,12H,9H2,1-4H3,(H,18,23). The Morgan fingerprint density at radius 3 is 2.75 bits per heavy atom. The molecule has 0 aliphatic heterocycles. The van der Waals surface area contributed by atoms with Crippen molar-refractivity contribution in [2.24, 2.45) is 14.1 Å². The number of hydrogen-bond acceptors (Lipinski definition) is 4. The Labute approximate surface area is 140 Å². The molecule has 0 fully saturated rings. The molecule has 1 aromatic carbocycles. The van der Waals surface area contributed by atoms with E-state index < -0.39 is 6.10 Å². The second kappa shape index (κ2) is 6.35. The summed E-state index contributed by atoms with van der Waals surface area (Å²) < 4.78 is 9.25. The number of ether oxygens (including phenoxy) is 1. The molecule has 7 heteroatoms. The molecule has 0 saturated heterocycles. The van der Waals surface area contributed by atoms with Crippen LogP contribution in [0.3, 0.4) is 0 Å². The van der Waals surface area contributed by atoms with Crippen LogP contribution < -0.4 is 10.1 Å². The Kier molecular flexibility index (Phi) is 4.24. The van der Waals surface area contributed by atoms with Crippen molar-refractivity contribution in [2.45, 2.75) is 26.5 Å². The van der Waals surface area contributed by atoms with E-state index >= 15 is 0 Å². The molecule has 2 heterocycles. The minimum atomic E-state index is -0.639. The molecule has 2 aromatic heterocycles. The van der Waals surface area contributed by atoms with E-state index in [1.54, 1.807) is 16.3 Å². The highest BCUT2D eigenvalue weighted by molar-refractivity contribution is 5.85. The van der Waals surface area contributed by atoms with Gasteiger partial charge in [0.25, 0.3) is 5.91 Å². The molecule has 1 N–H and O–H groups in total. The summed E-state index contributed by atoms with van der Waals surface area (Å²) in [7, 11) is 3.71. The first-order valence-corrected chi connectivity index (χ1v) is 7.81. The van der Waals surface area contributed by atoms with Crippen molar-refractivity contribution in [2.75, 3.05) is 0 Å². The first-order chi connectivity index (χ1) is 11.5. The Balaban J connectivity index is 1.66. The molecular weight excluding hydrogens is 306 g/mol. The summed E-state index contributed by atoms with van der Waals surface area (Å²) in [6, 6.07) is 7.76. The van der Waals surface area contributed by atoms with Gasteiger partial charge in [0.1, 0.15) is 0 Å². The number of carbonyl (C=O) groups is 1. The number of aryl methyl sites for hydroxylation is 3. The molecule has 1 atom stereocenters. The van der Waals surface area contributed by atoms with Gasteiger partial charge in [-0.05, 0) is 26.0 Å². The lowest BCUT2D eigenvalue weighted by molar-refractivity contribution is -0.127. The van der Waals surface area contributed by atoms with Gasteiger partial charge in [0.15, 0.2) is 6.10 Å². The molecule has 0 spiro atoms. The van der Waals surface area contributed by atoms with Crippen LogP contribution in [0.4, 0.5) is 0 Å². The molecule has 24 heavy (non-hydrogen) atoms. The third kappa shape index (κ3) is 3.10. The molecule has 0 aliphatic rings. The van der Waals surface area contributed by atoms with Gasteiger partial charge in [-0.25, -0.2) is 0 Å². The lowest BCUT2D eigenvalue weighted by Crippen LogP contribution is -2.36. The summed E-state index contributed by atoms with van der Waals surface area (Å²) in [5.74, 6) is 0.279. The number of para-hydroxylation sites is 1. The lowest BCUT2D eigenvalue weighted by Gasteiger charge is -2.13. The minimum absolute atomic E-state index is 0.187. The maximum Gasteiger partial charge on any atom is 0.261 e. The average molecular weight is 327 g/mol. The summed E-state index contributed by atoms with van der Waals surface area (Å²) in [4.78, 5) is 12.3. The van der Waals surface area contributed by atoms with Crippen LogP contribution in [0.2, 0.25) is 0 Å². The Bertz CT molecular complexity index is 880. The molecule has 0 radical (unpaired) electrons. The van der Waals surface area contributed by atoms with Gasteiger partial charge in [-0.3, -0.25) is 14.2 Å². The normalized spacial score (nSPS) is 12.3. The second-order valence-electron chi connectivity index (χ2n) is 5.84. The summed E-state index contributed by atoms with van der Waals surface area (Å²) in [6.07, 6.45) is 1.26. The lowest BCUT2D eigenvalue weighted by atomic mass is 10.2. The highest BCUT2D eigenvalue weighted by Gasteiger charge is 2.18. The van der Waals surface area contributed by atoms with Crippen LogP contribution in [0, 0.1) is 6.92 Å². The van der Waals surface area contributed by atoms with E-state index in [2.05, 4.69) is 15.5 Å². The third-order valence-corrected chi connectivity index (χ3v) is 3.95. The fourth-order valence-electron chi connectivity index (χ4n) is 2.64. The molecule has 7 nitrogen and oxygen atoms in total. The van der Waals surface area contributed by atoms with Gasteiger partial charge in [0.05, 0.1) is 16.6 Å². The zero-order valence-corrected chi connectivity index (χ0v) is 14.3. The number of amides is 1. The van der Waals surface area contributed by atoms with E-state index in [9.17, 15) is 4.79 Å². The molecule has 126 valence electrons. The van der Waals surface area contributed by atoms with Crippen molar-refractivity contribution < 1.29 is 9.53 Å². The summed E-state index contributed by atoms with van der Waals surface area (Å²) in [5, 5.41) is 12.4. The Morgan fingerprint density at radius 1 is 1.29 bits per heavy atom. The van der Waals surface area contributed by atoms with Gasteiger partial charge in [-0.1, -0.05) is 12.1 Å². The quantitative estimate of drug-likeness (QED) is 0.774. The third-order valence-electron chi connectivity index (χ3n) is 3.95. The summed E-state index contributed by atoms with van der Waals surface area (Å²) >= 11 is 0. The van der Waals surface area contributed by atoms with E-state index in [1.165, 1.54) is 0 Å². The van der Waals surface area contributed by atoms with Crippen LogP contribution >= 0.6 is 0 Å². The van der Waals surface area contributed by atoms with Crippen molar-refractivity contribution in [1.82, 2.24) is 24.9 Å². The van der Waals surface area contributed by atoms with Gasteiger partial charge in [0, 0.05) is 32.4 Å². The zero-order valence-electron chi connectivity index (χ0n) is 14.3. The molecule has 3 rings (SSSR count). The van der Waals surface area contributed by atoms with Crippen molar-refractivity contribution in [3.63, 3.8) is 0 Å². The highest BCUT2D eigenvalue weighted by atomic mass is 16.5. The maximum absolute atomic E-state index is 12.3. The molecule has 1 amide bonds. The number of rotatable bonds is 5. The van der Waals surface area contributed by atoms with Crippen LogP contribution in [-0.2, 0) is 25.4 Å². The van der Waals surface area contributed by atoms with Crippen molar-refractivity contribution in [3.05, 3.63) is 41.7 Å². The largest absolute Gasteiger partial charge is 0.463 e. The SMILES string of the molecule is Cc1nn(C)cc1CNC(=O)C(C)Oc1nn(C)c2ccccc12. The number of nitrogens with one attached hydrogen (secondary N) is 1. The van der Waals surface area contributed by atoms with Crippen LogP contribution in [0.1, 0.15) is 18.2 Å². The Morgan fingerprint density at radius 2 is 2.04 bits per heavy atom. The fourth-order valence-corrected chi connectivity index (χ4v) is 2.64. The van der Waals surface area contributed by atoms with E-state index in [-0.39, 0.29) is 5.91 Å². The first-order valence-electron chi connectivity index (χ1n) is 7.81. The topological polar surface area (TPSA) is 74.0 Å². The van der Waals surface area contributed by atoms with E-state index in [0.29, 0.717) is 12.4 Å². The van der Waals surface area contributed by atoms with Gasteiger partial charge in [0.2, 0.25) is 5.88 Å². The predicted molar refractivity (Wildman–Crippen MR) is 90.6 cm³/mol. The number of benzene rings is 1. The first kappa shape index (κ1) is 16.0. The molecule has 1 unspecified atom stereocenters. The average Bonchev–Trinajstić information content (AvgIpc) is 3.04. The van der Waals surface area contributed by atoms with Gasteiger partial charge >= 0.3 is 0 Å². The maximum atomic E-state index is 12.3. The highest BCUT2D eigenvalue weighted by Crippen LogP contribution is 2.24. The van der Waals surface area contributed by atoms with Crippen molar-refractivity contribution in [1.29, 1.82) is 0 Å². The van der Waals surface area contributed by atoms with Gasteiger partial charge in [-0.2, -0.15) is 5.10 Å². The van der Waals surface area contributed by atoms with Crippen molar-refractivity contribution >= 4 is 16.8 Å². The predicted octanol–water partition coefficient (Wildman–Crippen LogP) is 1.70. The smallest absolute Gasteiger partial charge is 0.261 e. The van der Waals surface area contributed by atoms with Gasteiger partial charge < -0.3 is 10.1 Å². The molecule has 0 aliphatic carbocycles. The summed E-state index contributed by atoms with van der Waals surface area (Å²) in [5.41, 5.74) is 2.86. The van der Waals surface area contributed by atoms with E-state index in [1.807, 2.05) is 51.5 Å². The van der Waals surface area contributed by atoms with Crippen LogP contribution in [0.25, 0.3) is 10.9 Å². The number of hydrogen-bond donors (Lipinski definition) is 1. The monoisotopic (exact) mass is 327 g/mol. The number of aromatic nitrogens is 4. The zero-order chi connectivity index (χ0) is 17.3. The number of carbonyl (C=O) groups excluding carboxylic acids is 1. The second-order valence-corrected chi connectivity index (χ2v) is 5.84. The van der Waals surface area contributed by atoms with Crippen LogP contribution in [0.15, 0.2) is 30.5 Å².